The quantitative estimate of drug-likeness (QED) is 0.848. The maximum Gasteiger partial charge on any atom is 0.327 e. The van der Waals surface area contributed by atoms with Crippen molar-refractivity contribution in [1.82, 2.24) is 15.0 Å². The van der Waals surface area contributed by atoms with Crippen molar-refractivity contribution >= 4 is 31.9 Å². The van der Waals surface area contributed by atoms with Crippen molar-refractivity contribution in [3.63, 3.8) is 0 Å². The Morgan fingerprint density at radius 2 is 1.47 bits per heavy atom. The van der Waals surface area contributed by atoms with Crippen molar-refractivity contribution in [1.29, 1.82) is 0 Å². The van der Waals surface area contributed by atoms with Gasteiger partial charge in [0.25, 0.3) is 0 Å². The van der Waals surface area contributed by atoms with Gasteiger partial charge in [0.05, 0.1) is 0 Å². The van der Waals surface area contributed by atoms with Gasteiger partial charge < -0.3 is 4.74 Å². The summed E-state index contributed by atoms with van der Waals surface area (Å²) in [7, 11) is 0. The summed E-state index contributed by atoms with van der Waals surface area (Å²) < 4.78 is 6.27. The van der Waals surface area contributed by atoms with Crippen LogP contribution in [0.15, 0.2) is 39.8 Å². The van der Waals surface area contributed by atoms with E-state index in [1.165, 1.54) is 0 Å². The summed E-state index contributed by atoms with van der Waals surface area (Å²) in [6.45, 7) is 0. The van der Waals surface area contributed by atoms with Crippen LogP contribution >= 0.6 is 31.9 Å². The molecule has 0 aliphatic heterocycles. The SMILES string of the molecule is Brc1nc(Br)nc(Oc2ccccc2)n1. The lowest BCUT2D eigenvalue weighted by Gasteiger charge is -2.02. The van der Waals surface area contributed by atoms with Crippen LogP contribution < -0.4 is 4.74 Å². The van der Waals surface area contributed by atoms with E-state index in [4.69, 9.17) is 4.74 Å². The molecule has 0 bridgehead atoms. The smallest absolute Gasteiger partial charge is 0.327 e. The van der Waals surface area contributed by atoms with Gasteiger partial charge in [0.1, 0.15) is 5.75 Å². The molecule has 2 aromatic rings. The third-order valence-electron chi connectivity index (χ3n) is 1.51. The number of halogens is 2. The lowest BCUT2D eigenvalue weighted by molar-refractivity contribution is 0.436. The Morgan fingerprint density at radius 3 is 2.07 bits per heavy atom. The van der Waals surface area contributed by atoms with E-state index in [-0.39, 0.29) is 6.01 Å². The van der Waals surface area contributed by atoms with Gasteiger partial charge in [-0.2, -0.15) is 15.0 Å². The molecule has 6 heteroatoms. The van der Waals surface area contributed by atoms with Crippen molar-refractivity contribution in [2.45, 2.75) is 0 Å². The summed E-state index contributed by atoms with van der Waals surface area (Å²) in [6.07, 6.45) is 0. The number of rotatable bonds is 2. The molecule has 0 N–H and O–H groups in total. The fourth-order valence-electron chi connectivity index (χ4n) is 0.949. The molecule has 4 nitrogen and oxygen atoms in total. The molecule has 0 amide bonds. The lowest BCUT2D eigenvalue weighted by Crippen LogP contribution is -1.95. The number of hydrogen-bond donors (Lipinski definition) is 0. The predicted octanol–water partition coefficient (Wildman–Crippen LogP) is 3.19. The minimum absolute atomic E-state index is 0.245. The molecule has 76 valence electrons. The average Bonchev–Trinajstić information content (AvgIpc) is 2.17. The first kappa shape index (κ1) is 10.5. The molecule has 0 radical (unpaired) electrons. The molecule has 2 rings (SSSR count). The van der Waals surface area contributed by atoms with Crippen molar-refractivity contribution in [2.75, 3.05) is 0 Å². The molecule has 15 heavy (non-hydrogen) atoms. The highest BCUT2D eigenvalue weighted by Crippen LogP contribution is 2.19. The van der Waals surface area contributed by atoms with Gasteiger partial charge in [-0.15, -0.1) is 0 Å². The topological polar surface area (TPSA) is 47.9 Å². The van der Waals surface area contributed by atoms with Crippen LogP contribution in [0.25, 0.3) is 0 Å². The summed E-state index contributed by atoms with van der Waals surface area (Å²) >= 11 is 6.31. The van der Waals surface area contributed by atoms with Crippen LogP contribution in [-0.2, 0) is 0 Å². The van der Waals surface area contributed by atoms with E-state index in [2.05, 4.69) is 46.8 Å². The van der Waals surface area contributed by atoms with E-state index in [1.54, 1.807) is 0 Å². The van der Waals surface area contributed by atoms with Gasteiger partial charge in [-0.1, -0.05) is 18.2 Å². The summed E-state index contributed by atoms with van der Waals surface area (Å²) in [5, 5.41) is 0. The normalized spacial score (nSPS) is 10.0. The summed E-state index contributed by atoms with van der Waals surface area (Å²) in [4.78, 5) is 11.9. The molecule has 1 aromatic heterocycles. The van der Waals surface area contributed by atoms with Crippen LogP contribution in [0.2, 0.25) is 0 Å². The minimum Gasteiger partial charge on any atom is -0.424 e. The zero-order chi connectivity index (χ0) is 10.7. The van der Waals surface area contributed by atoms with Crippen molar-refractivity contribution in [2.24, 2.45) is 0 Å². The molecule has 1 aromatic carbocycles. The van der Waals surface area contributed by atoms with E-state index in [0.29, 0.717) is 15.2 Å². The first-order valence-electron chi connectivity index (χ1n) is 4.04. The van der Waals surface area contributed by atoms with E-state index in [9.17, 15) is 0 Å². The van der Waals surface area contributed by atoms with Gasteiger partial charge in [0, 0.05) is 0 Å². The molecule has 0 fully saturated rings. The third-order valence-corrected chi connectivity index (χ3v) is 2.22. The second-order valence-electron chi connectivity index (χ2n) is 2.57. The molecule has 0 saturated heterocycles. The Hall–Kier alpha value is -1.01. The summed E-state index contributed by atoms with van der Waals surface area (Å²) in [5.74, 6) is 0.683. The van der Waals surface area contributed by atoms with Gasteiger partial charge in [-0.3, -0.25) is 0 Å². The van der Waals surface area contributed by atoms with Gasteiger partial charge in [0.2, 0.25) is 9.47 Å². The third kappa shape index (κ3) is 2.97. The minimum atomic E-state index is 0.245. The summed E-state index contributed by atoms with van der Waals surface area (Å²) in [6, 6.07) is 9.56. The number of hydrogen-bond acceptors (Lipinski definition) is 4. The number of nitrogens with zero attached hydrogens (tertiary/aromatic N) is 3. The maximum absolute atomic E-state index is 5.42. The first-order chi connectivity index (χ1) is 7.24. The first-order valence-corrected chi connectivity index (χ1v) is 5.62. The Bertz CT molecular complexity index is 444. The van der Waals surface area contributed by atoms with Crippen LogP contribution in [0, 0.1) is 0 Å². The molecule has 0 atom stereocenters. The average molecular weight is 331 g/mol. The Balaban J connectivity index is 2.25. The molecule has 0 saturated carbocycles. The fourth-order valence-corrected chi connectivity index (χ4v) is 1.83. The maximum atomic E-state index is 5.42. The zero-order valence-electron chi connectivity index (χ0n) is 7.39. The van der Waals surface area contributed by atoms with Crippen molar-refractivity contribution in [3.05, 3.63) is 39.8 Å². The van der Waals surface area contributed by atoms with Gasteiger partial charge in [-0.05, 0) is 44.0 Å². The fraction of sp³-hybridized carbons (Fsp3) is 0. The number of benzene rings is 1. The molecular weight excluding hydrogens is 326 g/mol. The zero-order valence-corrected chi connectivity index (χ0v) is 10.6. The van der Waals surface area contributed by atoms with Gasteiger partial charge >= 0.3 is 6.01 Å². The lowest BCUT2D eigenvalue weighted by atomic mass is 10.3. The summed E-state index contributed by atoms with van der Waals surface area (Å²) in [5.41, 5.74) is 0. The Labute approximate surface area is 103 Å². The highest BCUT2D eigenvalue weighted by molar-refractivity contribution is 9.11. The molecule has 1 heterocycles. The monoisotopic (exact) mass is 329 g/mol. The van der Waals surface area contributed by atoms with E-state index >= 15 is 0 Å². The molecule has 0 unspecified atom stereocenters. The highest BCUT2D eigenvalue weighted by atomic mass is 79.9. The predicted molar refractivity (Wildman–Crippen MR) is 61.7 cm³/mol. The van der Waals surface area contributed by atoms with Crippen LogP contribution in [-0.4, -0.2) is 15.0 Å². The van der Waals surface area contributed by atoms with Crippen LogP contribution in [0.3, 0.4) is 0 Å². The number of para-hydroxylation sites is 1. The number of ether oxygens (including phenoxy) is 1. The molecule has 0 aliphatic carbocycles. The van der Waals surface area contributed by atoms with E-state index in [1.807, 2.05) is 30.3 Å². The second kappa shape index (κ2) is 4.67. The van der Waals surface area contributed by atoms with Crippen molar-refractivity contribution < 1.29 is 4.74 Å². The largest absolute Gasteiger partial charge is 0.424 e. The molecular formula is C9H5Br2N3O. The van der Waals surface area contributed by atoms with Gasteiger partial charge in [-0.25, -0.2) is 0 Å². The van der Waals surface area contributed by atoms with Gasteiger partial charge in [0.15, 0.2) is 0 Å². The van der Waals surface area contributed by atoms with Crippen molar-refractivity contribution in [3.8, 4) is 11.8 Å². The van der Waals surface area contributed by atoms with Crippen LogP contribution in [0.5, 0.6) is 11.8 Å². The van der Waals surface area contributed by atoms with E-state index < -0.39 is 0 Å². The Kier molecular flexibility index (Phi) is 3.27. The second-order valence-corrected chi connectivity index (χ2v) is 3.99. The standard InChI is InChI=1S/C9H5Br2N3O/c10-7-12-8(11)14-9(13-7)15-6-4-2-1-3-5-6/h1-5H. The number of aromatic nitrogens is 3. The Morgan fingerprint density at radius 1 is 0.867 bits per heavy atom. The van der Waals surface area contributed by atoms with E-state index in [0.717, 1.165) is 0 Å². The molecule has 0 aliphatic rings. The molecule has 0 spiro atoms. The highest BCUT2D eigenvalue weighted by Gasteiger charge is 2.04. The van der Waals surface area contributed by atoms with Crippen LogP contribution in [0.4, 0.5) is 0 Å². The van der Waals surface area contributed by atoms with Crippen LogP contribution in [0.1, 0.15) is 0 Å².